The van der Waals surface area contributed by atoms with Gasteiger partial charge in [-0.2, -0.15) is 0 Å². The van der Waals surface area contributed by atoms with E-state index in [1.54, 1.807) is 6.92 Å². The second-order valence-electron chi connectivity index (χ2n) is 8.70. The number of piperidine rings is 1. The summed E-state index contributed by atoms with van der Waals surface area (Å²) in [7, 11) is 4.12. The van der Waals surface area contributed by atoms with E-state index in [9.17, 15) is 4.79 Å². The molecule has 33 heavy (non-hydrogen) atoms. The highest BCUT2D eigenvalue weighted by atomic mass is 35.5. The van der Waals surface area contributed by atoms with E-state index >= 15 is 0 Å². The molecule has 1 heterocycles. The predicted octanol–water partition coefficient (Wildman–Crippen LogP) is 4.73. The standard InChI is InChI=1S/C25H34Cl2N4O.ClH/c1-19(32)29-25(21-7-5-4-6-8-21)11-13-31(14-12-25)16-15-30(3)24(18-28-2)20-9-10-22(26)23(27)17-20;/h4-10,17,24,28H,11-16,18H2,1-3H3,(H,29,32);1H. The second-order valence-corrected chi connectivity index (χ2v) is 9.51. The molecule has 1 atom stereocenters. The van der Waals surface area contributed by atoms with Gasteiger partial charge in [0.25, 0.3) is 0 Å². The third kappa shape index (κ3) is 7.32. The van der Waals surface area contributed by atoms with E-state index in [0.29, 0.717) is 10.0 Å². The molecule has 2 aromatic rings. The Balaban J connectivity index is 0.00000385. The molecule has 5 nitrogen and oxygen atoms in total. The monoisotopic (exact) mass is 512 g/mol. The van der Waals surface area contributed by atoms with E-state index in [1.807, 2.05) is 37.4 Å². The van der Waals surface area contributed by atoms with Gasteiger partial charge in [0, 0.05) is 45.7 Å². The number of benzene rings is 2. The van der Waals surface area contributed by atoms with Gasteiger partial charge < -0.3 is 15.5 Å². The molecule has 1 aliphatic rings. The molecule has 1 saturated heterocycles. The van der Waals surface area contributed by atoms with Crippen LogP contribution in [-0.4, -0.2) is 62.5 Å². The lowest BCUT2D eigenvalue weighted by Crippen LogP contribution is -2.53. The van der Waals surface area contributed by atoms with Crippen molar-refractivity contribution in [2.24, 2.45) is 0 Å². The average molecular weight is 514 g/mol. The molecule has 182 valence electrons. The first-order chi connectivity index (χ1) is 15.3. The zero-order chi connectivity index (χ0) is 23.1. The molecule has 2 aromatic carbocycles. The SMILES string of the molecule is CNCC(c1ccc(Cl)c(Cl)c1)N(C)CCN1CCC(NC(C)=O)(c2ccccc2)CC1.Cl. The summed E-state index contributed by atoms with van der Waals surface area (Å²) in [6.45, 7) is 6.25. The smallest absolute Gasteiger partial charge is 0.217 e. The first-order valence-electron chi connectivity index (χ1n) is 11.2. The molecule has 1 aliphatic heterocycles. The van der Waals surface area contributed by atoms with E-state index in [-0.39, 0.29) is 29.9 Å². The van der Waals surface area contributed by atoms with Crippen molar-refractivity contribution in [1.82, 2.24) is 20.4 Å². The number of carbonyl (C=O) groups is 1. The Hall–Kier alpha value is -1.34. The average Bonchev–Trinajstić information content (AvgIpc) is 2.79. The van der Waals surface area contributed by atoms with Crippen molar-refractivity contribution < 1.29 is 4.79 Å². The number of nitrogens with zero attached hydrogens (tertiary/aromatic N) is 2. The largest absolute Gasteiger partial charge is 0.347 e. The molecule has 8 heteroatoms. The summed E-state index contributed by atoms with van der Waals surface area (Å²) in [5.41, 5.74) is 2.08. The third-order valence-electron chi connectivity index (χ3n) is 6.48. The van der Waals surface area contributed by atoms with Crippen molar-refractivity contribution in [2.45, 2.75) is 31.3 Å². The van der Waals surface area contributed by atoms with E-state index in [2.05, 4.69) is 45.7 Å². The van der Waals surface area contributed by atoms with Crippen molar-refractivity contribution in [3.8, 4) is 0 Å². The predicted molar refractivity (Wildman–Crippen MR) is 141 cm³/mol. The van der Waals surface area contributed by atoms with Crippen LogP contribution in [0.4, 0.5) is 0 Å². The molecule has 0 saturated carbocycles. The van der Waals surface area contributed by atoms with Gasteiger partial charge >= 0.3 is 0 Å². The minimum Gasteiger partial charge on any atom is -0.347 e. The van der Waals surface area contributed by atoms with Crippen LogP contribution in [0, 0.1) is 0 Å². The van der Waals surface area contributed by atoms with Gasteiger partial charge in [0.05, 0.1) is 15.6 Å². The number of hydrogen-bond acceptors (Lipinski definition) is 4. The number of halogens is 3. The summed E-state index contributed by atoms with van der Waals surface area (Å²) < 4.78 is 0. The van der Waals surface area contributed by atoms with E-state index < -0.39 is 0 Å². The Labute approximate surface area is 214 Å². The molecule has 3 rings (SSSR count). The number of hydrogen-bond donors (Lipinski definition) is 2. The van der Waals surface area contributed by atoms with Gasteiger partial charge in [-0.15, -0.1) is 12.4 Å². The maximum atomic E-state index is 11.9. The molecule has 0 aromatic heterocycles. The van der Waals surface area contributed by atoms with Crippen molar-refractivity contribution in [2.75, 3.05) is 46.8 Å². The lowest BCUT2D eigenvalue weighted by molar-refractivity contribution is -0.121. The molecule has 2 N–H and O–H groups in total. The van der Waals surface area contributed by atoms with Crippen LogP contribution in [0.25, 0.3) is 0 Å². The summed E-state index contributed by atoms with van der Waals surface area (Å²) in [5, 5.41) is 7.72. The zero-order valence-corrected chi connectivity index (χ0v) is 21.9. The fraction of sp³-hybridized carbons (Fsp3) is 0.480. The van der Waals surface area contributed by atoms with Gasteiger partial charge in [-0.25, -0.2) is 0 Å². The highest BCUT2D eigenvalue weighted by Gasteiger charge is 2.36. The van der Waals surface area contributed by atoms with Crippen molar-refractivity contribution in [3.63, 3.8) is 0 Å². The molecule has 0 aliphatic carbocycles. The fourth-order valence-corrected chi connectivity index (χ4v) is 4.94. The molecule has 0 spiro atoms. The first-order valence-corrected chi connectivity index (χ1v) is 12.0. The van der Waals surface area contributed by atoms with Crippen molar-refractivity contribution in [1.29, 1.82) is 0 Å². The Bertz CT molecular complexity index is 888. The third-order valence-corrected chi connectivity index (χ3v) is 7.22. The molecular formula is C25H35Cl3N4O. The minimum atomic E-state index is -0.274. The highest BCUT2D eigenvalue weighted by Crippen LogP contribution is 2.33. The maximum absolute atomic E-state index is 11.9. The second kappa shape index (κ2) is 12.9. The number of carbonyl (C=O) groups excluding carboxylic acids is 1. The number of amides is 1. The van der Waals surface area contributed by atoms with Crippen molar-refractivity contribution in [3.05, 3.63) is 69.7 Å². The summed E-state index contributed by atoms with van der Waals surface area (Å²) in [6.07, 6.45) is 1.82. The molecule has 0 radical (unpaired) electrons. The molecule has 1 fully saturated rings. The zero-order valence-electron chi connectivity index (χ0n) is 19.6. The number of nitrogens with one attached hydrogen (secondary N) is 2. The minimum absolute atomic E-state index is 0. The Morgan fingerprint density at radius 2 is 1.79 bits per heavy atom. The summed E-state index contributed by atoms with van der Waals surface area (Å²) >= 11 is 12.4. The van der Waals surface area contributed by atoms with Crippen LogP contribution in [-0.2, 0) is 10.3 Å². The number of likely N-dealkylation sites (N-methyl/N-ethyl adjacent to an activating group) is 2. The van der Waals surface area contributed by atoms with Crippen LogP contribution in [0.3, 0.4) is 0 Å². The van der Waals surface area contributed by atoms with Gasteiger partial charge in [-0.05, 0) is 50.2 Å². The molecule has 1 amide bonds. The number of rotatable bonds is 9. The van der Waals surface area contributed by atoms with E-state index in [4.69, 9.17) is 23.2 Å². The first kappa shape index (κ1) is 27.9. The Morgan fingerprint density at radius 3 is 2.36 bits per heavy atom. The number of likely N-dealkylation sites (tertiary alicyclic amines) is 1. The van der Waals surface area contributed by atoms with Crippen LogP contribution in [0.2, 0.25) is 10.0 Å². The lowest BCUT2D eigenvalue weighted by Gasteiger charge is -2.43. The topological polar surface area (TPSA) is 47.6 Å². The molecule has 1 unspecified atom stereocenters. The van der Waals surface area contributed by atoms with Crippen LogP contribution in [0.15, 0.2) is 48.5 Å². The fourth-order valence-electron chi connectivity index (χ4n) is 4.63. The summed E-state index contributed by atoms with van der Waals surface area (Å²) in [5.74, 6) is 0.0265. The van der Waals surface area contributed by atoms with Gasteiger partial charge in [0.15, 0.2) is 0 Å². The quantitative estimate of drug-likeness (QED) is 0.509. The highest BCUT2D eigenvalue weighted by molar-refractivity contribution is 6.42. The molecular weight excluding hydrogens is 479 g/mol. The van der Waals surface area contributed by atoms with Gasteiger partial charge in [-0.1, -0.05) is 59.6 Å². The lowest BCUT2D eigenvalue weighted by atomic mass is 9.80. The van der Waals surface area contributed by atoms with E-state index in [1.165, 1.54) is 5.56 Å². The summed E-state index contributed by atoms with van der Waals surface area (Å²) in [6, 6.07) is 16.5. The van der Waals surface area contributed by atoms with Crippen molar-refractivity contribution >= 4 is 41.5 Å². The van der Waals surface area contributed by atoms with Gasteiger partial charge in [-0.3, -0.25) is 9.69 Å². The Morgan fingerprint density at radius 1 is 1.12 bits per heavy atom. The Kier molecular flexibility index (Phi) is 10.9. The molecule has 0 bridgehead atoms. The normalized spacial score (nSPS) is 16.8. The van der Waals surface area contributed by atoms with Crippen LogP contribution in [0.5, 0.6) is 0 Å². The van der Waals surface area contributed by atoms with Gasteiger partial charge in [0.1, 0.15) is 0 Å². The van der Waals surface area contributed by atoms with Crippen LogP contribution in [0.1, 0.15) is 36.9 Å². The van der Waals surface area contributed by atoms with Crippen LogP contribution < -0.4 is 10.6 Å². The maximum Gasteiger partial charge on any atom is 0.217 e. The van der Waals surface area contributed by atoms with Gasteiger partial charge in [0.2, 0.25) is 5.91 Å². The van der Waals surface area contributed by atoms with Crippen LogP contribution >= 0.6 is 35.6 Å². The summed E-state index contributed by atoms with van der Waals surface area (Å²) in [4.78, 5) is 16.8. The van der Waals surface area contributed by atoms with E-state index in [0.717, 1.165) is 51.1 Å².